The molecule has 0 saturated heterocycles. The Hall–Kier alpha value is -3.13. The van der Waals surface area contributed by atoms with Gasteiger partial charge in [-0.15, -0.1) is 0 Å². The van der Waals surface area contributed by atoms with Crippen molar-refractivity contribution < 1.29 is 28.2 Å². The molecule has 0 aromatic heterocycles. The molecule has 0 atom stereocenters. The van der Waals surface area contributed by atoms with Crippen LogP contribution in [0.2, 0.25) is 5.02 Å². The summed E-state index contributed by atoms with van der Waals surface area (Å²) in [4.78, 5) is 34.8. The van der Waals surface area contributed by atoms with Crippen molar-refractivity contribution in [1.82, 2.24) is 10.9 Å². The summed E-state index contributed by atoms with van der Waals surface area (Å²) in [7, 11) is 0. The Balaban J connectivity index is 1.68. The average molecular weight is 381 g/mol. The SMILES string of the molecule is O=C(COC(=O)COc1ccccc1F)NNC(=O)c1ccc(Cl)cc1. The topological polar surface area (TPSA) is 93.7 Å². The molecule has 2 aromatic rings. The van der Waals surface area contributed by atoms with E-state index in [1.807, 2.05) is 0 Å². The molecule has 0 unspecified atom stereocenters. The number of amides is 2. The third-order valence-corrected chi connectivity index (χ3v) is 3.22. The van der Waals surface area contributed by atoms with E-state index >= 15 is 0 Å². The van der Waals surface area contributed by atoms with Gasteiger partial charge >= 0.3 is 5.97 Å². The second-order valence-electron chi connectivity index (χ2n) is 4.89. The predicted octanol–water partition coefficient (Wildman–Crippen LogP) is 1.86. The maximum absolute atomic E-state index is 13.3. The second kappa shape index (κ2) is 9.38. The molecule has 0 aliphatic carbocycles. The van der Waals surface area contributed by atoms with Gasteiger partial charge in [0, 0.05) is 10.6 Å². The van der Waals surface area contributed by atoms with Gasteiger partial charge in [-0.2, -0.15) is 0 Å². The Morgan fingerprint density at radius 2 is 1.65 bits per heavy atom. The molecule has 0 fully saturated rings. The third kappa shape index (κ3) is 6.06. The lowest BCUT2D eigenvalue weighted by Crippen LogP contribution is -2.43. The van der Waals surface area contributed by atoms with Crippen LogP contribution in [0.5, 0.6) is 5.75 Å². The fourth-order valence-corrected chi connectivity index (χ4v) is 1.85. The van der Waals surface area contributed by atoms with Crippen LogP contribution in [0.4, 0.5) is 4.39 Å². The van der Waals surface area contributed by atoms with E-state index < -0.39 is 36.8 Å². The zero-order chi connectivity index (χ0) is 18.9. The predicted molar refractivity (Wildman–Crippen MR) is 89.9 cm³/mol. The number of ether oxygens (including phenoxy) is 2. The Labute approximate surface area is 153 Å². The van der Waals surface area contributed by atoms with Crippen molar-refractivity contribution in [3.05, 3.63) is 64.9 Å². The molecule has 2 rings (SSSR count). The van der Waals surface area contributed by atoms with Crippen LogP contribution in [0, 0.1) is 5.82 Å². The fourth-order valence-electron chi connectivity index (χ4n) is 1.72. The van der Waals surface area contributed by atoms with Gasteiger partial charge in [0.1, 0.15) is 0 Å². The molecule has 9 heteroatoms. The number of esters is 1. The monoisotopic (exact) mass is 380 g/mol. The number of nitrogens with one attached hydrogen (secondary N) is 2. The van der Waals surface area contributed by atoms with Gasteiger partial charge in [0.15, 0.2) is 24.8 Å². The van der Waals surface area contributed by atoms with Crippen LogP contribution in [0.25, 0.3) is 0 Å². The average Bonchev–Trinajstić information content (AvgIpc) is 2.64. The highest BCUT2D eigenvalue weighted by Crippen LogP contribution is 2.15. The van der Waals surface area contributed by atoms with Gasteiger partial charge in [0.05, 0.1) is 0 Å². The lowest BCUT2D eigenvalue weighted by atomic mass is 10.2. The number of carbonyl (C=O) groups excluding carboxylic acids is 3. The number of hydrazine groups is 1. The Kier molecular flexibility index (Phi) is 6.92. The summed E-state index contributed by atoms with van der Waals surface area (Å²) in [6.07, 6.45) is 0. The van der Waals surface area contributed by atoms with Crippen molar-refractivity contribution in [3.8, 4) is 5.75 Å². The molecule has 0 bridgehead atoms. The first kappa shape index (κ1) is 19.2. The molecule has 0 aliphatic rings. The van der Waals surface area contributed by atoms with Crippen LogP contribution >= 0.6 is 11.6 Å². The Morgan fingerprint density at radius 3 is 2.35 bits per heavy atom. The lowest BCUT2D eigenvalue weighted by molar-refractivity contribution is -0.150. The van der Waals surface area contributed by atoms with Crippen molar-refractivity contribution in [2.45, 2.75) is 0 Å². The molecule has 26 heavy (non-hydrogen) atoms. The summed E-state index contributed by atoms with van der Waals surface area (Å²) < 4.78 is 22.9. The number of hydrogen-bond donors (Lipinski definition) is 2. The molecule has 2 N–H and O–H groups in total. The number of carbonyl (C=O) groups is 3. The third-order valence-electron chi connectivity index (χ3n) is 2.97. The molecular weight excluding hydrogens is 367 g/mol. The summed E-state index contributed by atoms with van der Waals surface area (Å²) in [5.74, 6) is -2.92. The van der Waals surface area contributed by atoms with Gasteiger partial charge in [0.25, 0.3) is 11.8 Å². The zero-order valence-corrected chi connectivity index (χ0v) is 14.1. The summed E-state index contributed by atoms with van der Waals surface area (Å²) >= 11 is 5.71. The summed E-state index contributed by atoms with van der Waals surface area (Å²) in [5.41, 5.74) is 4.52. The van der Waals surface area contributed by atoms with Gasteiger partial charge in [-0.3, -0.25) is 20.4 Å². The second-order valence-corrected chi connectivity index (χ2v) is 5.33. The Bertz CT molecular complexity index is 798. The van der Waals surface area contributed by atoms with E-state index in [2.05, 4.69) is 15.6 Å². The maximum atomic E-state index is 13.3. The standard InChI is InChI=1S/C17H14ClFN2O5/c18-12-7-5-11(6-8-12)17(24)21-20-15(22)9-26-16(23)10-25-14-4-2-1-3-13(14)19/h1-8H,9-10H2,(H,20,22)(H,21,24). The highest BCUT2D eigenvalue weighted by molar-refractivity contribution is 6.30. The molecule has 7 nitrogen and oxygen atoms in total. The van der Waals surface area contributed by atoms with Crippen molar-refractivity contribution in [2.24, 2.45) is 0 Å². The van der Waals surface area contributed by atoms with Crippen molar-refractivity contribution >= 4 is 29.4 Å². The van der Waals surface area contributed by atoms with E-state index in [0.717, 1.165) is 0 Å². The molecule has 0 heterocycles. The van der Waals surface area contributed by atoms with Gasteiger partial charge in [0.2, 0.25) is 0 Å². The number of rotatable bonds is 6. The molecule has 136 valence electrons. The van der Waals surface area contributed by atoms with Crippen LogP contribution in [0.1, 0.15) is 10.4 Å². The van der Waals surface area contributed by atoms with Crippen LogP contribution in [-0.2, 0) is 14.3 Å². The van der Waals surface area contributed by atoms with E-state index in [-0.39, 0.29) is 11.3 Å². The number of halogens is 2. The molecule has 0 radical (unpaired) electrons. The van der Waals surface area contributed by atoms with Crippen LogP contribution in [0.3, 0.4) is 0 Å². The highest BCUT2D eigenvalue weighted by atomic mass is 35.5. The normalized spacial score (nSPS) is 9.92. The first-order chi connectivity index (χ1) is 12.5. The van der Waals surface area contributed by atoms with Crippen LogP contribution in [0.15, 0.2) is 48.5 Å². The van der Waals surface area contributed by atoms with E-state index in [1.54, 1.807) is 6.07 Å². The van der Waals surface area contributed by atoms with E-state index in [1.165, 1.54) is 42.5 Å². The summed E-state index contributed by atoms with van der Waals surface area (Å²) in [6, 6.07) is 11.5. The zero-order valence-electron chi connectivity index (χ0n) is 13.3. The van der Waals surface area contributed by atoms with E-state index in [4.69, 9.17) is 16.3 Å². The minimum absolute atomic E-state index is 0.107. The quantitative estimate of drug-likeness (QED) is 0.589. The molecule has 0 spiro atoms. The minimum atomic E-state index is -0.868. The fraction of sp³-hybridized carbons (Fsp3) is 0.118. The van der Waals surface area contributed by atoms with Crippen molar-refractivity contribution in [1.29, 1.82) is 0 Å². The molecule has 2 aromatic carbocycles. The summed E-state index contributed by atoms with van der Waals surface area (Å²) in [5, 5.41) is 0.468. The largest absolute Gasteiger partial charge is 0.479 e. The molecule has 0 saturated carbocycles. The van der Waals surface area contributed by atoms with E-state index in [0.29, 0.717) is 5.02 Å². The van der Waals surface area contributed by atoms with Gasteiger partial charge in [-0.1, -0.05) is 23.7 Å². The van der Waals surface area contributed by atoms with Gasteiger partial charge in [-0.25, -0.2) is 9.18 Å². The Morgan fingerprint density at radius 1 is 0.962 bits per heavy atom. The van der Waals surface area contributed by atoms with Crippen molar-refractivity contribution in [2.75, 3.05) is 13.2 Å². The number of hydrogen-bond acceptors (Lipinski definition) is 5. The van der Waals surface area contributed by atoms with Gasteiger partial charge < -0.3 is 9.47 Å². The maximum Gasteiger partial charge on any atom is 0.344 e. The number of para-hydroxylation sites is 1. The smallest absolute Gasteiger partial charge is 0.344 e. The highest BCUT2D eigenvalue weighted by Gasteiger charge is 2.11. The minimum Gasteiger partial charge on any atom is -0.479 e. The summed E-state index contributed by atoms with van der Waals surface area (Å²) in [6.45, 7) is -1.20. The first-order valence-electron chi connectivity index (χ1n) is 7.33. The van der Waals surface area contributed by atoms with Gasteiger partial charge in [-0.05, 0) is 36.4 Å². The molecular formula is C17H14ClFN2O5. The first-order valence-corrected chi connectivity index (χ1v) is 7.71. The van der Waals surface area contributed by atoms with Crippen LogP contribution < -0.4 is 15.6 Å². The van der Waals surface area contributed by atoms with Crippen molar-refractivity contribution in [3.63, 3.8) is 0 Å². The van der Waals surface area contributed by atoms with Crippen LogP contribution in [-0.4, -0.2) is 31.0 Å². The molecule has 0 aliphatic heterocycles. The lowest BCUT2D eigenvalue weighted by Gasteiger charge is -2.09. The number of benzene rings is 2. The van der Waals surface area contributed by atoms with E-state index in [9.17, 15) is 18.8 Å². The molecule has 2 amide bonds.